The van der Waals surface area contributed by atoms with E-state index in [1.165, 1.54) is 6.07 Å². The molecule has 0 radical (unpaired) electrons. The minimum atomic E-state index is -0.174. The van der Waals surface area contributed by atoms with Crippen LogP contribution in [0.4, 0.5) is 4.39 Å². The number of nitrogens with zero attached hydrogens (tertiary/aromatic N) is 1. The number of carbonyl (C=O) groups is 1. The summed E-state index contributed by atoms with van der Waals surface area (Å²) in [6, 6.07) is 6.71. The summed E-state index contributed by atoms with van der Waals surface area (Å²) in [5.74, 6) is -0.174. The lowest BCUT2D eigenvalue weighted by Crippen LogP contribution is -2.23. The largest absolute Gasteiger partial charge is 0.302 e. The third kappa shape index (κ3) is 3.26. The van der Waals surface area contributed by atoms with Crippen LogP contribution in [0, 0.1) is 5.82 Å². The van der Waals surface area contributed by atoms with Gasteiger partial charge in [0.05, 0.1) is 6.54 Å². The highest BCUT2D eigenvalue weighted by molar-refractivity contribution is 5.51. The zero-order valence-electron chi connectivity index (χ0n) is 8.24. The van der Waals surface area contributed by atoms with Crippen molar-refractivity contribution in [2.75, 3.05) is 20.1 Å². The summed E-state index contributed by atoms with van der Waals surface area (Å²) in [5, 5.41) is 0. The van der Waals surface area contributed by atoms with Crippen molar-refractivity contribution in [2.24, 2.45) is 0 Å². The van der Waals surface area contributed by atoms with Crippen LogP contribution in [0.5, 0.6) is 0 Å². The second-order valence-corrected chi connectivity index (χ2v) is 3.27. The van der Waals surface area contributed by atoms with Gasteiger partial charge in [0, 0.05) is 6.54 Å². The molecule has 0 bridgehead atoms. The van der Waals surface area contributed by atoms with E-state index in [4.69, 9.17) is 0 Å². The van der Waals surface area contributed by atoms with Crippen LogP contribution in [0.1, 0.15) is 5.56 Å². The van der Waals surface area contributed by atoms with Gasteiger partial charge >= 0.3 is 0 Å². The summed E-state index contributed by atoms with van der Waals surface area (Å²) in [6.45, 7) is 1.09. The number of benzene rings is 1. The van der Waals surface area contributed by atoms with Crippen LogP contribution in [-0.2, 0) is 11.2 Å². The van der Waals surface area contributed by atoms with Crippen LogP contribution in [0.3, 0.4) is 0 Å². The van der Waals surface area contributed by atoms with Gasteiger partial charge < -0.3 is 4.79 Å². The lowest BCUT2D eigenvalue weighted by atomic mass is 10.1. The van der Waals surface area contributed by atoms with E-state index >= 15 is 0 Å². The van der Waals surface area contributed by atoms with Crippen LogP contribution in [0.15, 0.2) is 24.3 Å². The highest BCUT2D eigenvalue weighted by Crippen LogP contribution is 2.07. The Morgan fingerprint density at radius 3 is 2.79 bits per heavy atom. The number of aldehydes is 1. The van der Waals surface area contributed by atoms with Gasteiger partial charge in [-0.25, -0.2) is 4.39 Å². The van der Waals surface area contributed by atoms with Crippen molar-refractivity contribution in [3.63, 3.8) is 0 Å². The molecule has 0 amide bonds. The zero-order chi connectivity index (χ0) is 10.4. The van der Waals surface area contributed by atoms with E-state index in [9.17, 15) is 9.18 Å². The maximum Gasteiger partial charge on any atom is 0.133 e. The quantitative estimate of drug-likeness (QED) is 0.663. The molecule has 0 spiro atoms. The van der Waals surface area contributed by atoms with E-state index in [-0.39, 0.29) is 5.82 Å². The second-order valence-electron chi connectivity index (χ2n) is 3.27. The minimum absolute atomic E-state index is 0.174. The van der Waals surface area contributed by atoms with Crippen molar-refractivity contribution in [3.8, 4) is 0 Å². The van der Waals surface area contributed by atoms with Gasteiger partial charge in [0.25, 0.3) is 0 Å². The summed E-state index contributed by atoms with van der Waals surface area (Å²) in [5.41, 5.74) is 0.699. The molecule has 0 aromatic heterocycles. The summed E-state index contributed by atoms with van der Waals surface area (Å²) in [7, 11) is 1.84. The second kappa shape index (κ2) is 5.50. The van der Waals surface area contributed by atoms with Gasteiger partial charge in [-0.3, -0.25) is 4.90 Å². The molecule has 1 aromatic rings. The highest BCUT2D eigenvalue weighted by atomic mass is 19.1. The molecule has 0 heterocycles. The van der Waals surface area contributed by atoms with Crippen molar-refractivity contribution in [1.82, 2.24) is 4.90 Å². The Labute approximate surface area is 83.3 Å². The first-order chi connectivity index (χ1) is 6.74. The zero-order valence-corrected chi connectivity index (χ0v) is 8.24. The number of rotatable bonds is 5. The van der Waals surface area contributed by atoms with Crippen LogP contribution in [0.2, 0.25) is 0 Å². The van der Waals surface area contributed by atoms with Crippen molar-refractivity contribution < 1.29 is 9.18 Å². The van der Waals surface area contributed by atoms with E-state index in [2.05, 4.69) is 0 Å². The van der Waals surface area contributed by atoms with Gasteiger partial charge in [-0.1, -0.05) is 18.2 Å². The SMILES string of the molecule is CN(CC=O)CCc1ccccc1F. The lowest BCUT2D eigenvalue weighted by Gasteiger charge is -2.12. The van der Waals surface area contributed by atoms with Gasteiger partial charge in [-0.05, 0) is 25.1 Å². The maximum atomic E-state index is 13.1. The molecule has 76 valence electrons. The van der Waals surface area contributed by atoms with Gasteiger partial charge in [0.2, 0.25) is 0 Å². The molecule has 0 aliphatic rings. The van der Waals surface area contributed by atoms with Crippen LogP contribution in [0.25, 0.3) is 0 Å². The third-order valence-corrected chi connectivity index (χ3v) is 2.11. The molecule has 2 nitrogen and oxygen atoms in total. The normalized spacial score (nSPS) is 10.5. The molecule has 1 aromatic carbocycles. The first-order valence-corrected chi connectivity index (χ1v) is 4.59. The van der Waals surface area contributed by atoms with Crippen molar-refractivity contribution in [3.05, 3.63) is 35.6 Å². The molecule has 1 rings (SSSR count). The number of halogens is 1. The topological polar surface area (TPSA) is 20.3 Å². The number of likely N-dealkylation sites (N-methyl/N-ethyl adjacent to an activating group) is 1. The first kappa shape index (κ1) is 10.9. The Bertz CT molecular complexity index is 301. The number of carbonyl (C=O) groups excluding carboxylic acids is 1. The monoisotopic (exact) mass is 195 g/mol. The average Bonchev–Trinajstić information content (AvgIpc) is 2.17. The predicted octanol–water partition coefficient (Wildman–Crippen LogP) is 1.50. The third-order valence-electron chi connectivity index (χ3n) is 2.11. The molecule has 0 aliphatic heterocycles. The predicted molar refractivity (Wildman–Crippen MR) is 53.7 cm³/mol. The molecule has 0 saturated carbocycles. The average molecular weight is 195 g/mol. The molecule has 0 N–H and O–H groups in total. The van der Waals surface area contributed by atoms with Crippen molar-refractivity contribution in [1.29, 1.82) is 0 Å². The van der Waals surface area contributed by atoms with E-state index in [1.807, 2.05) is 18.0 Å². The van der Waals surface area contributed by atoms with E-state index in [0.717, 1.165) is 6.29 Å². The van der Waals surface area contributed by atoms with E-state index in [1.54, 1.807) is 12.1 Å². The molecule has 0 fully saturated rings. The smallest absolute Gasteiger partial charge is 0.133 e. The van der Waals surface area contributed by atoms with Crippen LogP contribution < -0.4 is 0 Å². The molecule has 14 heavy (non-hydrogen) atoms. The minimum Gasteiger partial charge on any atom is -0.302 e. The highest BCUT2D eigenvalue weighted by Gasteiger charge is 2.02. The van der Waals surface area contributed by atoms with Crippen LogP contribution >= 0.6 is 0 Å². The fraction of sp³-hybridized carbons (Fsp3) is 0.364. The maximum absolute atomic E-state index is 13.1. The first-order valence-electron chi connectivity index (χ1n) is 4.59. The molecular formula is C11H14FNO. The Morgan fingerprint density at radius 1 is 1.43 bits per heavy atom. The lowest BCUT2D eigenvalue weighted by molar-refractivity contribution is -0.108. The van der Waals surface area contributed by atoms with Gasteiger partial charge in [-0.2, -0.15) is 0 Å². The van der Waals surface area contributed by atoms with Crippen molar-refractivity contribution in [2.45, 2.75) is 6.42 Å². The molecule has 0 saturated heterocycles. The Balaban J connectivity index is 2.45. The molecule has 0 atom stereocenters. The van der Waals surface area contributed by atoms with Gasteiger partial charge in [-0.15, -0.1) is 0 Å². The number of hydrogen-bond donors (Lipinski definition) is 0. The molecular weight excluding hydrogens is 181 g/mol. The van der Waals surface area contributed by atoms with E-state index < -0.39 is 0 Å². The Morgan fingerprint density at radius 2 is 2.14 bits per heavy atom. The van der Waals surface area contributed by atoms with Crippen molar-refractivity contribution >= 4 is 6.29 Å². The Hall–Kier alpha value is -1.22. The van der Waals surface area contributed by atoms with Crippen LogP contribution in [-0.4, -0.2) is 31.3 Å². The van der Waals surface area contributed by atoms with Gasteiger partial charge in [0.15, 0.2) is 0 Å². The number of hydrogen-bond acceptors (Lipinski definition) is 2. The molecule has 0 aliphatic carbocycles. The fourth-order valence-corrected chi connectivity index (χ4v) is 1.23. The summed E-state index contributed by atoms with van der Waals surface area (Å²) in [6.07, 6.45) is 1.48. The van der Waals surface area contributed by atoms with E-state index in [0.29, 0.717) is 25.1 Å². The molecule has 0 unspecified atom stereocenters. The summed E-state index contributed by atoms with van der Waals surface area (Å²) in [4.78, 5) is 12.0. The fourth-order valence-electron chi connectivity index (χ4n) is 1.23. The molecule has 3 heteroatoms. The summed E-state index contributed by atoms with van der Waals surface area (Å²) < 4.78 is 13.1. The Kier molecular flexibility index (Phi) is 4.26. The standard InChI is InChI=1S/C11H14FNO/c1-13(8-9-14)7-6-10-4-2-3-5-11(10)12/h2-5,9H,6-8H2,1H3. The van der Waals surface area contributed by atoms with Gasteiger partial charge in [0.1, 0.15) is 12.1 Å². The summed E-state index contributed by atoms with van der Waals surface area (Å²) >= 11 is 0.